The van der Waals surface area contributed by atoms with Crippen molar-refractivity contribution in [2.75, 3.05) is 16.9 Å². The number of halogens is 1. The molecule has 2 N–H and O–H groups in total. The predicted octanol–water partition coefficient (Wildman–Crippen LogP) is 2.25. The number of hydrogen-bond donors (Lipinski definition) is 2. The zero-order chi connectivity index (χ0) is 11.5. The van der Waals surface area contributed by atoms with Crippen molar-refractivity contribution < 1.29 is 4.79 Å². The fourth-order valence-corrected chi connectivity index (χ4v) is 2.64. The molecule has 1 saturated heterocycles. The van der Waals surface area contributed by atoms with E-state index in [0.717, 1.165) is 22.9 Å². The molecule has 1 aromatic rings. The van der Waals surface area contributed by atoms with Gasteiger partial charge in [-0.15, -0.1) is 11.8 Å². The van der Waals surface area contributed by atoms with E-state index in [1.807, 2.05) is 25.1 Å². The van der Waals surface area contributed by atoms with E-state index in [9.17, 15) is 4.79 Å². The van der Waals surface area contributed by atoms with Crippen LogP contribution in [0.2, 0.25) is 5.02 Å². The molecular weight excluding hydrogens is 244 g/mol. The molecule has 1 aliphatic rings. The highest BCUT2D eigenvalue weighted by molar-refractivity contribution is 7.99. The first-order valence-electron chi connectivity index (χ1n) is 5.05. The molecule has 0 spiro atoms. The first-order valence-corrected chi connectivity index (χ1v) is 6.59. The van der Waals surface area contributed by atoms with E-state index in [2.05, 4.69) is 10.6 Å². The number of anilines is 1. The summed E-state index contributed by atoms with van der Waals surface area (Å²) < 4.78 is 0. The Morgan fingerprint density at radius 1 is 1.62 bits per heavy atom. The quantitative estimate of drug-likeness (QED) is 0.853. The number of rotatable bonds is 2. The van der Waals surface area contributed by atoms with Crippen molar-refractivity contribution in [1.82, 2.24) is 5.32 Å². The minimum Gasteiger partial charge on any atom is -0.324 e. The van der Waals surface area contributed by atoms with Crippen LogP contribution in [-0.2, 0) is 4.79 Å². The normalized spacial score (nSPS) is 19.8. The monoisotopic (exact) mass is 256 g/mol. The maximum absolute atomic E-state index is 11.8. The molecule has 0 radical (unpaired) electrons. The average Bonchev–Trinajstić information content (AvgIpc) is 2.78. The highest BCUT2D eigenvalue weighted by Crippen LogP contribution is 2.23. The Morgan fingerprint density at radius 3 is 3.12 bits per heavy atom. The lowest BCUT2D eigenvalue weighted by Crippen LogP contribution is -2.37. The summed E-state index contributed by atoms with van der Waals surface area (Å²) in [4.78, 5) is 11.8. The number of carbonyl (C=O) groups is 1. The van der Waals surface area contributed by atoms with Crippen LogP contribution in [0.1, 0.15) is 5.56 Å². The van der Waals surface area contributed by atoms with Gasteiger partial charge < -0.3 is 5.32 Å². The number of carbonyl (C=O) groups excluding carboxylic acids is 1. The third kappa shape index (κ3) is 2.51. The van der Waals surface area contributed by atoms with Crippen LogP contribution in [0.4, 0.5) is 5.69 Å². The van der Waals surface area contributed by atoms with Crippen LogP contribution < -0.4 is 10.6 Å². The Kier molecular flexibility index (Phi) is 3.74. The number of nitrogens with one attached hydrogen (secondary N) is 2. The summed E-state index contributed by atoms with van der Waals surface area (Å²) in [5.74, 6) is 1.67. The third-order valence-electron chi connectivity index (χ3n) is 2.56. The molecule has 1 heterocycles. The number of benzene rings is 1. The Bertz CT molecular complexity index is 405. The molecule has 1 unspecified atom stereocenters. The van der Waals surface area contributed by atoms with Crippen LogP contribution >= 0.6 is 23.4 Å². The van der Waals surface area contributed by atoms with Gasteiger partial charge in [-0.05, 0) is 24.6 Å². The fraction of sp³-hybridized carbons (Fsp3) is 0.364. The van der Waals surface area contributed by atoms with Crippen molar-refractivity contribution in [3.05, 3.63) is 28.8 Å². The van der Waals surface area contributed by atoms with Gasteiger partial charge in [0.25, 0.3) is 0 Å². The standard InChI is InChI=1S/C11H13ClN2OS/c1-7-8(12)3-2-4-9(7)14-11(15)10-5-16-6-13-10/h2-4,10,13H,5-6H2,1H3,(H,14,15). The second kappa shape index (κ2) is 5.08. The number of thioether (sulfide) groups is 1. The van der Waals surface area contributed by atoms with Gasteiger partial charge in [-0.3, -0.25) is 10.1 Å². The van der Waals surface area contributed by atoms with Gasteiger partial charge in [-0.1, -0.05) is 17.7 Å². The van der Waals surface area contributed by atoms with Gasteiger partial charge in [0.05, 0.1) is 6.04 Å². The van der Waals surface area contributed by atoms with Gasteiger partial charge in [0.2, 0.25) is 5.91 Å². The maximum atomic E-state index is 11.8. The van der Waals surface area contributed by atoms with Crippen molar-refractivity contribution in [2.24, 2.45) is 0 Å². The van der Waals surface area contributed by atoms with Gasteiger partial charge in [-0.25, -0.2) is 0 Å². The predicted molar refractivity (Wildman–Crippen MR) is 69.1 cm³/mol. The van der Waals surface area contributed by atoms with Crippen LogP contribution in [0.3, 0.4) is 0 Å². The molecule has 2 rings (SSSR count). The van der Waals surface area contributed by atoms with Crippen molar-refractivity contribution in [1.29, 1.82) is 0 Å². The molecule has 0 saturated carbocycles. The molecule has 3 nitrogen and oxygen atoms in total. The van der Waals surface area contributed by atoms with E-state index >= 15 is 0 Å². The largest absolute Gasteiger partial charge is 0.324 e. The van der Waals surface area contributed by atoms with Gasteiger partial charge in [-0.2, -0.15) is 0 Å². The van der Waals surface area contributed by atoms with Crippen LogP contribution in [0, 0.1) is 6.92 Å². The van der Waals surface area contributed by atoms with Gasteiger partial charge in [0.1, 0.15) is 0 Å². The molecule has 86 valence electrons. The van der Waals surface area contributed by atoms with Gasteiger partial charge in [0, 0.05) is 22.3 Å². The highest BCUT2D eigenvalue weighted by atomic mass is 35.5. The zero-order valence-electron chi connectivity index (χ0n) is 8.92. The number of amides is 1. The van der Waals surface area contributed by atoms with Crippen LogP contribution in [-0.4, -0.2) is 23.6 Å². The van der Waals surface area contributed by atoms with Crippen LogP contribution in [0.15, 0.2) is 18.2 Å². The fourth-order valence-electron chi connectivity index (χ4n) is 1.53. The van der Waals surface area contributed by atoms with Crippen molar-refractivity contribution in [3.8, 4) is 0 Å². The average molecular weight is 257 g/mol. The lowest BCUT2D eigenvalue weighted by molar-refractivity contribution is -0.117. The summed E-state index contributed by atoms with van der Waals surface area (Å²) in [5.41, 5.74) is 1.69. The second-order valence-electron chi connectivity index (χ2n) is 3.67. The van der Waals surface area contributed by atoms with E-state index in [-0.39, 0.29) is 11.9 Å². The molecule has 16 heavy (non-hydrogen) atoms. The van der Waals surface area contributed by atoms with E-state index in [0.29, 0.717) is 5.02 Å². The van der Waals surface area contributed by atoms with Crippen LogP contribution in [0.5, 0.6) is 0 Å². The minimum atomic E-state index is -0.0941. The second-order valence-corrected chi connectivity index (χ2v) is 5.11. The first-order chi connectivity index (χ1) is 7.68. The molecule has 1 aliphatic heterocycles. The molecule has 1 atom stereocenters. The molecule has 0 aliphatic carbocycles. The lowest BCUT2D eigenvalue weighted by atomic mass is 10.2. The lowest BCUT2D eigenvalue weighted by Gasteiger charge is -2.12. The summed E-state index contributed by atoms with van der Waals surface area (Å²) in [6.07, 6.45) is 0. The topological polar surface area (TPSA) is 41.1 Å². The molecule has 1 fully saturated rings. The number of hydrogen-bond acceptors (Lipinski definition) is 3. The van der Waals surface area contributed by atoms with Crippen molar-refractivity contribution in [2.45, 2.75) is 13.0 Å². The van der Waals surface area contributed by atoms with E-state index in [1.54, 1.807) is 11.8 Å². The Balaban J connectivity index is 2.08. The maximum Gasteiger partial charge on any atom is 0.242 e. The van der Waals surface area contributed by atoms with E-state index in [1.165, 1.54) is 0 Å². The third-order valence-corrected chi connectivity index (χ3v) is 3.91. The Hall–Kier alpha value is -0.710. The summed E-state index contributed by atoms with van der Waals surface area (Å²) in [7, 11) is 0. The van der Waals surface area contributed by atoms with Crippen LogP contribution in [0.25, 0.3) is 0 Å². The van der Waals surface area contributed by atoms with Gasteiger partial charge in [0.15, 0.2) is 0 Å². The smallest absolute Gasteiger partial charge is 0.242 e. The summed E-state index contributed by atoms with van der Waals surface area (Å²) in [6, 6.07) is 5.42. The van der Waals surface area contributed by atoms with E-state index < -0.39 is 0 Å². The van der Waals surface area contributed by atoms with Crippen molar-refractivity contribution in [3.63, 3.8) is 0 Å². The summed E-state index contributed by atoms with van der Waals surface area (Å²) in [6.45, 7) is 1.90. The molecular formula is C11H13ClN2OS. The Morgan fingerprint density at radius 2 is 2.44 bits per heavy atom. The highest BCUT2D eigenvalue weighted by Gasteiger charge is 2.22. The SMILES string of the molecule is Cc1c(Cl)cccc1NC(=O)C1CSCN1. The Labute approximate surface area is 104 Å². The first kappa shape index (κ1) is 11.8. The zero-order valence-corrected chi connectivity index (χ0v) is 10.5. The molecule has 1 amide bonds. The van der Waals surface area contributed by atoms with Gasteiger partial charge >= 0.3 is 0 Å². The van der Waals surface area contributed by atoms with Crippen molar-refractivity contribution >= 4 is 35.0 Å². The molecule has 0 bridgehead atoms. The molecule has 0 aromatic heterocycles. The summed E-state index contributed by atoms with van der Waals surface area (Å²) in [5, 5.41) is 6.70. The summed E-state index contributed by atoms with van der Waals surface area (Å²) >= 11 is 7.72. The minimum absolute atomic E-state index is 0.00960. The molecule has 5 heteroatoms. The van der Waals surface area contributed by atoms with E-state index in [4.69, 9.17) is 11.6 Å². The molecule has 1 aromatic carbocycles.